The lowest BCUT2D eigenvalue weighted by Crippen LogP contribution is -2.16. The first-order chi connectivity index (χ1) is 7.01. The Bertz CT molecular complexity index is 345. The van der Waals surface area contributed by atoms with Crippen LogP contribution in [0.15, 0.2) is 6.07 Å². The fraction of sp³-hybridized carbons (Fsp3) is 0.769. The molecular weight excluding hydrogens is 184 g/mol. The quantitative estimate of drug-likeness (QED) is 0.739. The van der Waals surface area contributed by atoms with Gasteiger partial charge in [0.05, 0.1) is 5.69 Å². The minimum absolute atomic E-state index is 0.581. The highest BCUT2D eigenvalue weighted by molar-refractivity contribution is 5.08. The maximum Gasteiger partial charge on any atom is 0.0596 e. The van der Waals surface area contributed by atoms with E-state index in [0.29, 0.717) is 5.41 Å². The van der Waals surface area contributed by atoms with Gasteiger partial charge >= 0.3 is 0 Å². The van der Waals surface area contributed by atoms with E-state index >= 15 is 0 Å². The van der Waals surface area contributed by atoms with Gasteiger partial charge in [-0.25, -0.2) is 0 Å². The molecule has 1 heterocycles. The number of hydrogen-bond donors (Lipinski definition) is 0. The van der Waals surface area contributed by atoms with Crippen LogP contribution in [-0.2, 0) is 6.54 Å². The van der Waals surface area contributed by atoms with Gasteiger partial charge in [0.15, 0.2) is 0 Å². The molecule has 0 N–H and O–H groups in total. The van der Waals surface area contributed by atoms with Gasteiger partial charge < -0.3 is 0 Å². The number of aryl methyl sites for hydroxylation is 2. The van der Waals surface area contributed by atoms with Crippen molar-refractivity contribution in [2.24, 2.45) is 11.3 Å². The van der Waals surface area contributed by atoms with Crippen molar-refractivity contribution in [1.29, 1.82) is 0 Å². The minimum Gasteiger partial charge on any atom is -0.269 e. The average Bonchev–Trinajstić information content (AvgIpc) is 2.74. The van der Waals surface area contributed by atoms with Crippen molar-refractivity contribution < 1.29 is 0 Å². The molecule has 0 aliphatic heterocycles. The summed E-state index contributed by atoms with van der Waals surface area (Å²) in [6.45, 7) is 10.0. The Balaban J connectivity index is 2.05. The third kappa shape index (κ3) is 2.42. The maximum absolute atomic E-state index is 4.56. The van der Waals surface area contributed by atoms with E-state index in [1.54, 1.807) is 0 Å². The highest BCUT2D eigenvalue weighted by Gasteiger charge is 2.43. The van der Waals surface area contributed by atoms with Gasteiger partial charge in [-0.1, -0.05) is 13.8 Å². The van der Waals surface area contributed by atoms with Crippen LogP contribution in [0.1, 0.15) is 44.5 Å². The summed E-state index contributed by atoms with van der Waals surface area (Å²) in [4.78, 5) is 0. The van der Waals surface area contributed by atoms with E-state index in [1.165, 1.54) is 25.0 Å². The third-order valence-electron chi connectivity index (χ3n) is 3.39. The Hall–Kier alpha value is -0.790. The second-order valence-electron chi connectivity index (χ2n) is 5.68. The smallest absolute Gasteiger partial charge is 0.0596 e. The van der Waals surface area contributed by atoms with Crippen LogP contribution >= 0.6 is 0 Å². The molecule has 0 amide bonds. The van der Waals surface area contributed by atoms with Gasteiger partial charge in [0.1, 0.15) is 0 Å². The molecule has 0 spiro atoms. The van der Waals surface area contributed by atoms with Gasteiger partial charge in [-0.2, -0.15) is 5.10 Å². The Morgan fingerprint density at radius 3 is 2.47 bits per heavy atom. The van der Waals surface area contributed by atoms with Crippen molar-refractivity contribution in [3.05, 3.63) is 17.5 Å². The topological polar surface area (TPSA) is 17.8 Å². The Labute approximate surface area is 92.7 Å². The molecule has 0 atom stereocenters. The summed E-state index contributed by atoms with van der Waals surface area (Å²) in [5.74, 6) is 0.810. The number of hydrogen-bond acceptors (Lipinski definition) is 1. The molecule has 1 aromatic heterocycles. The van der Waals surface area contributed by atoms with Gasteiger partial charge in [0.25, 0.3) is 0 Å². The van der Waals surface area contributed by atoms with Crippen LogP contribution in [-0.4, -0.2) is 9.78 Å². The molecule has 0 bridgehead atoms. The number of aromatic nitrogens is 2. The monoisotopic (exact) mass is 206 g/mol. The lowest BCUT2D eigenvalue weighted by atomic mass is 9.94. The van der Waals surface area contributed by atoms with Gasteiger partial charge in [-0.3, -0.25) is 4.68 Å². The zero-order chi connectivity index (χ0) is 11.1. The average molecular weight is 206 g/mol. The molecule has 0 unspecified atom stereocenters. The van der Waals surface area contributed by atoms with Crippen LogP contribution in [0.3, 0.4) is 0 Å². The molecule has 15 heavy (non-hydrogen) atoms. The SMILES string of the molecule is Cc1cc(C)n(CC2(CC(C)C)CC2)n1. The van der Waals surface area contributed by atoms with Crippen LogP contribution in [0.4, 0.5) is 0 Å². The summed E-state index contributed by atoms with van der Waals surface area (Å²) in [7, 11) is 0. The van der Waals surface area contributed by atoms with Crippen molar-refractivity contribution in [2.75, 3.05) is 0 Å². The van der Waals surface area contributed by atoms with Crippen LogP contribution in [0, 0.1) is 25.2 Å². The zero-order valence-electron chi connectivity index (χ0n) is 10.4. The van der Waals surface area contributed by atoms with Crippen molar-refractivity contribution in [3.63, 3.8) is 0 Å². The van der Waals surface area contributed by atoms with Crippen molar-refractivity contribution >= 4 is 0 Å². The Morgan fingerprint density at radius 2 is 2.07 bits per heavy atom. The molecule has 84 valence electrons. The summed E-state index contributed by atoms with van der Waals surface area (Å²) in [6, 6.07) is 2.17. The first-order valence-electron chi connectivity index (χ1n) is 6.02. The Morgan fingerprint density at radius 1 is 1.40 bits per heavy atom. The molecule has 1 aromatic rings. The standard InChI is InChI=1S/C13H22N2/c1-10(2)8-13(5-6-13)9-15-12(4)7-11(3)14-15/h7,10H,5-6,8-9H2,1-4H3. The fourth-order valence-electron chi connectivity index (χ4n) is 2.62. The zero-order valence-corrected chi connectivity index (χ0v) is 10.4. The summed E-state index contributed by atoms with van der Waals surface area (Å²) in [5.41, 5.74) is 3.03. The van der Waals surface area contributed by atoms with Crippen molar-refractivity contribution in [1.82, 2.24) is 9.78 Å². The highest BCUT2D eigenvalue weighted by atomic mass is 15.3. The van der Waals surface area contributed by atoms with Crippen LogP contribution in [0.5, 0.6) is 0 Å². The van der Waals surface area contributed by atoms with E-state index in [4.69, 9.17) is 0 Å². The minimum atomic E-state index is 0.581. The third-order valence-corrected chi connectivity index (χ3v) is 3.39. The summed E-state index contributed by atoms with van der Waals surface area (Å²) >= 11 is 0. The normalized spacial score (nSPS) is 18.5. The van der Waals surface area contributed by atoms with E-state index in [9.17, 15) is 0 Å². The molecule has 0 aromatic carbocycles. The van der Waals surface area contributed by atoms with Crippen molar-refractivity contribution in [2.45, 2.75) is 53.5 Å². The van der Waals surface area contributed by atoms with Crippen molar-refractivity contribution in [3.8, 4) is 0 Å². The van der Waals surface area contributed by atoms with E-state index < -0.39 is 0 Å². The van der Waals surface area contributed by atoms with Gasteiger partial charge in [-0.05, 0) is 50.5 Å². The van der Waals surface area contributed by atoms with Crippen LogP contribution in [0.25, 0.3) is 0 Å². The van der Waals surface area contributed by atoms with Crippen LogP contribution < -0.4 is 0 Å². The van der Waals surface area contributed by atoms with Gasteiger partial charge in [0, 0.05) is 12.2 Å². The molecule has 1 aliphatic carbocycles. The molecule has 2 nitrogen and oxygen atoms in total. The van der Waals surface area contributed by atoms with E-state index in [0.717, 1.165) is 18.2 Å². The molecule has 0 radical (unpaired) electrons. The molecule has 0 saturated heterocycles. The molecule has 1 aliphatic rings. The van der Waals surface area contributed by atoms with E-state index in [2.05, 4.69) is 43.5 Å². The first-order valence-corrected chi connectivity index (χ1v) is 6.02. The summed E-state index contributed by atoms with van der Waals surface area (Å²) in [5, 5.41) is 4.56. The predicted molar refractivity (Wildman–Crippen MR) is 62.8 cm³/mol. The van der Waals surface area contributed by atoms with E-state index in [-0.39, 0.29) is 0 Å². The first kappa shape index (κ1) is 10.7. The second-order valence-corrected chi connectivity index (χ2v) is 5.68. The highest BCUT2D eigenvalue weighted by Crippen LogP contribution is 2.51. The predicted octanol–water partition coefficient (Wildman–Crippen LogP) is 3.33. The maximum atomic E-state index is 4.56. The molecule has 2 rings (SSSR count). The van der Waals surface area contributed by atoms with E-state index in [1.807, 2.05) is 0 Å². The van der Waals surface area contributed by atoms with Crippen LogP contribution in [0.2, 0.25) is 0 Å². The molecule has 1 fully saturated rings. The largest absolute Gasteiger partial charge is 0.269 e. The second kappa shape index (κ2) is 3.66. The molecule has 1 saturated carbocycles. The lowest BCUT2D eigenvalue weighted by molar-refractivity contribution is 0.322. The summed E-state index contributed by atoms with van der Waals surface area (Å²) < 4.78 is 2.20. The number of nitrogens with zero attached hydrogens (tertiary/aromatic N) is 2. The summed E-state index contributed by atoms with van der Waals surface area (Å²) in [6.07, 6.45) is 4.14. The van der Waals surface area contributed by atoms with Gasteiger partial charge in [-0.15, -0.1) is 0 Å². The molecular formula is C13H22N2. The lowest BCUT2D eigenvalue weighted by Gasteiger charge is -2.18. The molecule has 2 heteroatoms. The Kier molecular flexibility index (Phi) is 2.61. The fourth-order valence-corrected chi connectivity index (χ4v) is 2.62. The van der Waals surface area contributed by atoms with Gasteiger partial charge in [0.2, 0.25) is 0 Å². The number of rotatable bonds is 4.